The van der Waals surface area contributed by atoms with E-state index in [1.54, 1.807) is 4.90 Å². The summed E-state index contributed by atoms with van der Waals surface area (Å²) in [6.07, 6.45) is 5.55. The lowest BCUT2D eigenvalue weighted by Crippen LogP contribution is -2.46. The second kappa shape index (κ2) is 7.21. The Bertz CT molecular complexity index is 494. The Balaban J connectivity index is 2.04. The molecule has 7 heteroatoms. The van der Waals surface area contributed by atoms with Crippen LogP contribution in [0.25, 0.3) is 0 Å². The summed E-state index contributed by atoms with van der Waals surface area (Å²) in [7, 11) is 0. The second-order valence-corrected chi connectivity index (χ2v) is 5.43. The number of aromatic amines is 1. The molecule has 0 bridgehead atoms. The Labute approximate surface area is 123 Å². The van der Waals surface area contributed by atoms with Crippen molar-refractivity contribution in [3.63, 3.8) is 0 Å². The molecule has 2 rings (SSSR count). The van der Waals surface area contributed by atoms with Crippen molar-refractivity contribution < 1.29 is 9.72 Å². The van der Waals surface area contributed by atoms with E-state index in [1.807, 2.05) is 6.92 Å². The van der Waals surface area contributed by atoms with Crippen molar-refractivity contribution >= 4 is 11.6 Å². The number of H-pyrrole nitrogens is 1. The van der Waals surface area contributed by atoms with Crippen LogP contribution in [0.1, 0.15) is 43.1 Å². The summed E-state index contributed by atoms with van der Waals surface area (Å²) in [4.78, 5) is 27.2. The zero-order valence-corrected chi connectivity index (χ0v) is 12.3. The Morgan fingerprint density at radius 3 is 2.90 bits per heavy atom. The molecule has 1 unspecified atom stereocenters. The minimum absolute atomic E-state index is 0.0782. The van der Waals surface area contributed by atoms with Gasteiger partial charge in [0, 0.05) is 25.2 Å². The largest absolute Gasteiger partial charge is 0.351 e. The van der Waals surface area contributed by atoms with Crippen LogP contribution < -0.4 is 5.32 Å². The number of carbonyl (C=O) groups is 1. The van der Waals surface area contributed by atoms with E-state index < -0.39 is 4.92 Å². The van der Waals surface area contributed by atoms with Crippen LogP contribution in [0.5, 0.6) is 0 Å². The van der Waals surface area contributed by atoms with E-state index in [0.717, 1.165) is 19.4 Å². The standard InChI is InChI=1S/C14H22N4O3/c1-2-7-17(10-11-5-3-4-6-15-11)14(19)13-8-12(9-16-13)18(20)21/h8-9,11,15-16H,2-7,10H2,1H3. The summed E-state index contributed by atoms with van der Waals surface area (Å²) in [5.41, 5.74) is 0.205. The number of hydrogen-bond acceptors (Lipinski definition) is 4. The summed E-state index contributed by atoms with van der Waals surface area (Å²) in [6.45, 7) is 4.32. The fourth-order valence-electron chi connectivity index (χ4n) is 2.67. The van der Waals surface area contributed by atoms with E-state index >= 15 is 0 Å². The van der Waals surface area contributed by atoms with E-state index in [4.69, 9.17) is 0 Å². The van der Waals surface area contributed by atoms with Crippen molar-refractivity contribution in [1.82, 2.24) is 15.2 Å². The molecule has 21 heavy (non-hydrogen) atoms. The van der Waals surface area contributed by atoms with Crippen molar-refractivity contribution in [3.8, 4) is 0 Å². The van der Waals surface area contributed by atoms with Crippen LogP contribution in [0.2, 0.25) is 0 Å². The molecule has 1 aromatic rings. The van der Waals surface area contributed by atoms with Crippen LogP contribution in [0.15, 0.2) is 12.3 Å². The summed E-state index contributed by atoms with van der Waals surface area (Å²) in [6, 6.07) is 1.62. The van der Waals surface area contributed by atoms with Gasteiger partial charge >= 0.3 is 0 Å². The molecule has 1 aliphatic rings. The number of nitro groups is 1. The molecule has 1 aromatic heterocycles. The number of nitrogens with zero attached hydrogens (tertiary/aromatic N) is 2. The van der Waals surface area contributed by atoms with Gasteiger partial charge in [0.1, 0.15) is 5.69 Å². The van der Waals surface area contributed by atoms with Crippen LogP contribution >= 0.6 is 0 Å². The van der Waals surface area contributed by atoms with E-state index in [2.05, 4.69) is 10.3 Å². The highest BCUT2D eigenvalue weighted by molar-refractivity contribution is 5.93. The summed E-state index contributed by atoms with van der Waals surface area (Å²) in [5.74, 6) is -0.169. The summed E-state index contributed by atoms with van der Waals surface area (Å²) in [5, 5.41) is 14.1. The first-order valence-corrected chi connectivity index (χ1v) is 7.47. The molecule has 1 atom stereocenters. The maximum atomic E-state index is 12.5. The molecule has 0 aromatic carbocycles. The van der Waals surface area contributed by atoms with Gasteiger partial charge in [-0.25, -0.2) is 0 Å². The molecule has 1 fully saturated rings. The lowest BCUT2D eigenvalue weighted by atomic mass is 10.0. The number of aromatic nitrogens is 1. The minimum atomic E-state index is -0.500. The lowest BCUT2D eigenvalue weighted by Gasteiger charge is -2.30. The van der Waals surface area contributed by atoms with Gasteiger partial charge in [0.15, 0.2) is 0 Å². The molecule has 1 amide bonds. The summed E-state index contributed by atoms with van der Waals surface area (Å²) < 4.78 is 0. The molecule has 0 saturated carbocycles. The summed E-state index contributed by atoms with van der Waals surface area (Å²) >= 11 is 0. The average molecular weight is 294 g/mol. The fraction of sp³-hybridized carbons (Fsp3) is 0.643. The molecule has 1 aliphatic heterocycles. The first kappa shape index (κ1) is 15.5. The molecule has 2 heterocycles. The molecular formula is C14H22N4O3. The fourth-order valence-corrected chi connectivity index (χ4v) is 2.67. The lowest BCUT2D eigenvalue weighted by molar-refractivity contribution is -0.384. The monoisotopic (exact) mass is 294 g/mol. The maximum Gasteiger partial charge on any atom is 0.287 e. The topological polar surface area (TPSA) is 91.3 Å². The average Bonchev–Trinajstić information content (AvgIpc) is 2.97. The van der Waals surface area contributed by atoms with Crippen molar-refractivity contribution in [2.24, 2.45) is 0 Å². The molecule has 1 saturated heterocycles. The first-order chi connectivity index (χ1) is 10.1. The SMILES string of the molecule is CCCN(CC1CCCCN1)C(=O)c1cc([N+](=O)[O-])c[nH]1. The molecule has 0 aliphatic carbocycles. The predicted octanol–water partition coefficient (Wildman–Crippen LogP) is 1.92. The normalized spacial score (nSPS) is 18.4. The van der Waals surface area contributed by atoms with Crippen molar-refractivity contribution in [2.45, 2.75) is 38.6 Å². The molecule has 2 N–H and O–H groups in total. The van der Waals surface area contributed by atoms with Gasteiger partial charge in [-0.3, -0.25) is 14.9 Å². The number of rotatable bonds is 6. The Hall–Kier alpha value is -1.89. The van der Waals surface area contributed by atoms with Gasteiger partial charge in [0.05, 0.1) is 11.1 Å². The van der Waals surface area contributed by atoms with E-state index in [-0.39, 0.29) is 17.3 Å². The molecule has 7 nitrogen and oxygen atoms in total. The van der Waals surface area contributed by atoms with Crippen molar-refractivity contribution in [3.05, 3.63) is 28.1 Å². The number of nitrogens with one attached hydrogen (secondary N) is 2. The van der Waals surface area contributed by atoms with Crippen molar-refractivity contribution in [1.29, 1.82) is 0 Å². The van der Waals surface area contributed by atoms with Gasteiger partial charge in [-0.15, -0.1) is 0 Å². The minimum Gasteiger partial charge on any atom is -0.351 e. The third kappa shape index (κ3) is 4.04. The van der Waals surface area contributed by atoms with E-state index in [9.17, 15) is 14.9 Å². The van der Waals surface area contributed by atoms with Crippen LogP contribution in [-0.2, 0) is 0 Å². The maximum absolute atomic E-state index is 12.5. The van der Waals surface area contributed by atoms with Crippen molar-refractivity contribution in [2.75, 3.05) is 19.6 Å². The van der Waals surface area contributed by atoms with Crippen LogP contribution in [0, 0.1) is 10.1 Å². The van der Waals surface area contributed by atoms with Gasteiger partial charge in [-0.05, 0) is 25.8 Å². The zero-order valence-electron chi connectivity index (χ0n) is 12.3. The highest BCUT2D eigenvalue weighted by Gasteiger charge is 2.23. The van der Waals surface area contributed by atoms with E-state index in [1.165, 1.54) is 25.1 Å². The van der Waals surface area contributed by atoms with Gasteiger partial charge in [-0.1, -0.05) is 13.3 Å². The number of amides is 1. The van der Waals surface area contributed by atoms with Crippen LogP contribution in [0.3, 0.4) is 0 Å². The zero-order chi connectivity index (χ0) is 15.2. The second-order valence-electron chi connectivity index (χ2n) is 5.43. The van der Waals surface area contributed by atoms with Crippen LogP contribution in [-0.4, -0.2) is 46.4 Å². The smallest absolute Gasteiger partial charge is 0.287 e. The molecular weight excluding hydrogens is 272 g/mol. The first-order valence-electron chi connectivity index (χ1n) is 7.47. The number of carbonyl (C=O) groups excluding carboxylic acids is 1. The quantitative estimate of drug-likeness (QED) is 0.619. The highest BCUT2D eigenvalue weighted by atomic mass is 16.6. The molecule has 0 radical (unpaired) electrons. The third-order valence-electron chi connectivity index (χ3n) is 3.74. The van der Waals surface area contributed by atoms with Gasteiger partial charge in [0.25, 0.3) is 11.6 Å². The number of hydrogen-bond donors (Lipinski definition) is 2. The van der Waals surface area contributed by atoms with Gasteiger partial charge in [0.2, 0.25) is 0 Å². The van der Waals surface area contributed by atoms with E-state index in [0.29, 0.717) is 19.1 Å². The number of piperidine rings is 1. The Kier molecular flexibility index (Phi) is 5.32. The molecule has 116 valence electrons. The third-order valence-corrected chi connectivity index (χ3v) is 3.74. The Morgan fingerprint density at radius 1 is 1.52 bits per heavy atom. The molecule has 0 spiro atoms. The van der Waals surface area contributed by atoms with Gasteiger partial charge in [-0.2, -0.15) is 0 Å². The van der Waals surface area contributed by atoms with Crippen LogP contribution in [0.4, 0.5) is 5.69 Å². The Morgan fingerprint density at radius 2 is 2.33 bits per heavy atom. The predicted molar refractivity (Wildman–Crippen MR) is 79.3 cm³/mol. The highest BCUT2D eigenvalue weighted by Crippen LogP contribution is 2.15. The van der Waals surface area contributed by atoms with Gasteiger partial charge < -0.3 is 15.2 Å².